The Hall–Kier alpha value is -1.75. The quantitative estimate of drug-likeness (QED) is 0.811. The number of hydrogen-bond donors (Lipinski definition) is 2. The summed E-state index contributed by atoms with van der Waals surface area (Å²) < 4.78 is 5.20. The normalized spacial score (nSPS) is 11.0. The summed E-state index contributed by atoms with van der Waals surface area (Å²) in [4.78, 5) is 22.7. The average molecular weight is 314 g/mol. The van der Waals surface area contributed by atoms with Crippen molar-refractivity contribution in [3.8, 4) is 5.75 Å². The van der Waals surface area contributed by atoms with E-state index in [1.54, 1.807) is 32.0 Å². The number of aliphatic carboxylic acids is 1. The van der Waals surface area contributed by atoms with Crippen molar-refractivity contribution in [2.24, 2.45) is 5.41 Å². The third kappa shape index (κ3) is 5.63. The van der Waals surface area contributed by atoms with Crippen molar-refractivity contribution in [1.82, 2.24) is 5.32 Å². The monoisotopic (exact) mass is 313 g/mol. The second-order valence-electron chi connectivity index (χ2n) is 5.61. The van der Waals surface area contributed by atoms with Gasteiger partial charge >= 0.3 is 5.97 Å². The van der Waals surface area contributed by atoms with Gasteiger partial charge in [-0.25, -0.2) is 0 Å². The molecular formula is C15H20ClNO4. The van der Waals surface area contributed by atoms with E-state index in [4.69, 9.17) is 21.4 Å². The fraction of sp³-hybridized carbons (Fsp3) is 0.467. The van der Waals surface area contributed by atoms with E-state index in [0.717, 1.165) is 0 Å². The minimum Gasteiger partial charge on any atom is -0.496 e. The SMILES string of the molecule is COc1cccc(Cl)c1CNC(=O)CC(C)(C)CC(=O)O. The maximum Gasteiger partial charge on any atom is 0.303 e. The number of carbonyl (C=O) groups is 2. The van der Waals surface area contributed by atoms with Crippen molar-refractivity contribution in [2.45, 2.75) is 33.2 Å². The summed E-state index contributed by atoms with van der Waals surface area (Å²) in [5.41, 5.74) is 0.103. The number of carbonyl (C=O) groups excluding carboxylic acids is 1. The van der Waals surface area contributed by atoms with Gasteiger partial charge in [0.2, 0.25) is 5.91 Å². The van der Waals surface area contributed by atoms with E-state index in [2.05, 4.69) is 5.32 Å². The molecule has 0 spiro atoms. The number of hydrogen-bond acceptors (Lipinski definition) is 3. The van der Waals surface area contributed by atoms with Gasteiger partial charge in [-0.15, -0.1) is 0 Å². The predicted octanol–water partition coefficient (Wildman–Crippen LogP) is 2.86. The number of amides is 1. The van der Waals surface area contributed by atoms with Crippen molar-refractivity contribution in [2.75, 3.05) is 7.11 Å². The topological polar surface area (TPSA) is 75.6 Å². The lowest BCUT2D eigenvalue weighted by Crippen LogP contribution is -2.30. The number of nitrogens with one attached hydrogen (secondary N) is 1. The number of halogens is 1. The van der Waals surface area contributed by atoms with Gasteiger partial charge < -0.3 is 15.2 Å². The Morgan fingerprint density at radius 2 is 2.00 bits per heavy atom. The maximum atomic E-state index is 11.9. The Kier molecular flexibility index (Phi) is 6.03. The molecule has 0 heterocycles. The number of carboxylic acids is 1. The Labute approximate surface area is 129 Å². The molecule has 0 aromatic heterocycles. The summed E-state index contributed by atoms with van der Waals surface area (Å²) in [6.07, 6.45) is 0.0713. The average Bonchev–Trinajstić information content (AvgIpc) is 2.34. The van der Waals surface area contributed by atoms with Gasteiger partial charge in [-0.2, -0.15) is 0 Å². The van der Waals surface area contributed by atoms with Crippen LogP contribution in [0.25, 0.3) is 0 Å². The standard InChI is InChI=1S/C15H20ClNO4/c1-15(2,8-14(19)20)7-13(18)17-9-10-11(16)5-4-6-12(10)21-3/h4-6H,7-9H2,1-3H3,(H,17,18)(H,19,20). The first kappa shape index (κ1) is 17.3. The van der Waals surface area contributed by atoms with Crippen LogP contribution in [0.4, 0.5) is 0 Å². The molecular weight excluding hydrogens is 294 g/mol. The minimum atomic E-state index is -0.916. The Bertz CT molecular complexity index is 528. The summed E-state index contributed by atoms with van der Waals surface area (Å²) in [7, 11) is 1.53. The van der Waals surface area contributed by atoms with Crippen molar-refractivity contribution in [1.29, 1.82) is 0 Å². The molecule has 6 heteroatoms. The molecule has 21 heavy (non-hydrogen) atoms. The molecule has 0 saturated carbocycles. The van der Waals surface area contributed by atoms with E-state index in [-0.39, 0.29) is 25.3 Å². The van der Waals surface area contributed by atoms with Crippen LogP contribution in [-0.2, 0) is 16.1 Å². The largest absolute Gasteiger partial charge is 0.496 e. The van der Waals surface area contributed by atoms with Crippen LogP contribution in [-0.4, -0.2) is 24.1 Å². The van der Waals surface area contributed by atoms with E-state index in [1.165, 1.54) is 7.11 Å². The zero-order valence-corrected chi connectivity index (χ0v) is 13.2. The number of rotatable bonds is 7. The fourth-order valence-electron chi connectivity index (χ4n) is 2.06. The van der Waals surface area contributed by atoms with Crippen molar-refractivity contribution in [3.63, 3.8) is 0 Å². The molecule has 0 aliphatic heterocycles. The Morgan fingerprint density at radius 1 is 1.33 bits per heavy atom. The highest BCUT2D eigenvalue weighted by molar-refractivity contribution is 6.31. The van der Waals surface area contributed by atoms with Crippen molar-refractivity contribution >= 4 is 23.5 Å². The first-order valence-electron chi connectivity index (χ1n) is 6.55. The van der Waals surface area contributed by atoms with Gasteiger partial charge in [-0.1, -0.05) is 31.5 Å². The van der Waals surface area contributed by atoms with Gasteiger partial charge in [0.25, 0.3) is 0 Å². The van der Waals surface area contributed by atoms with Gasteiger partial charge in [0.15, 0.2) is 0 Å². The van der Waals surface area contributed by atoms with Crippen LogP contribution in [0.15, 0.2) is 18.2 Å². The molecule has 0 atom stereocenters. The molecule has 1 rings (SSSR count). The van der Waals surface area contributed by atoms with E-state index < -0.39 is 11.4 Å². The molecule has 116 valence electrons. The summed E-state index contributed by atoms with van der Waals surface area (Å²) >= 11 is 6.08. The third-order valence-corrected chi connectivity index (χ3v) is 3.38. The molecule has 1 aromatic rings. The number of ether oxygens (including phenoxy) is 1. The molecule has 0 aliphatic carbocycles. The van der Waals surface area contributed by atoms with E-state index >= 15 is 0 Å². The molecule has 0 unspecified atom stereocenters. The van der Waals surface area contributed by atoms with Crippen LogP contribution in [0.1, 0.15) is 32.3 Å². The molecule has 1 amide bonds. The van der Waals surface area contributed by atoms with Crippen LogP contribution in [0.5, 0.6) is 5.75 Å². The second-order valence-corrected chi connectivity index (χ2v) is 6.02. The zero-order valence-electron chi connectivity index (χ0n) is 12.4. The van der Waals surface area contributed by atoms with Gasteiger partial charge in [0.1, 0.15) is 5.75 Å². The van der Waals surface area contributed by atoms with Crippen molar-refractivity contribution < 1.29 is 19.4 Å². The third-order valence-electron chi connectivity index (χ3n) is 3.03. The Morgan fingerprint density at radius 3 is 2.57 bits per heavy atom. The van der Waals surface area contributed by atoms with Crippen molar-refractivity contribution in [3.05, 3.63) is 28.8 Å². The van der Waals surface area contributed by atoms with Gasteiger partial charge in [0, 0.05) is 23.6 Å². The lowest BCUT2D eigenvalue weighted by molar-refractivity contribution is -0.139. The summed E-state index contributed by atoms with van der Waals surface area (Å²) in [5.74, 6) is -0.531. The molecule has 0 radical (unpaired) electrons. The van der Waals surface area contributed by atoms with Gasteiger partial charge in [-0.05, 0) is 17.5 Å². The summed E-state index contributed by atoms with van der Waals surface area (Å²) in [5, 5.41) is 12.1. The van der Waals surface area contributed by atoms with Crippen LogP contribution >= 0.6 is 11.6 Å². The number of carboxylic acid groups (broad SMARTS) is 1. The van der Waals surface area contributed by atoms with Gasteiger partial charge in [-0.3, -0.25) is 9.59 Å². The van der Waals surface area contributed by atoms with Crippen LogP contribution < -0.4 is 10.1 Å². The minimum absolute atomic E-state index is 0.0597. The molecule has 0 bridgehead atoms. The first-order valence-corrected chi connectivity index (χ1v) is 6.93. The first-order chi connectivity index (χ1) is 9.75. The molecule has 0 fully saturated rings. The van der Waals surface area contributed by atoms with E-state index in [9.17, 15) is 9.59 Å². The van der Waals surface area contributed by atoms with Crippen LogP contribution in [0.3, 0.4) is 0 Å². The number of methoxy groups -OCH3 is 1. The summed E-state index contributed by atoms with van der Waals surface area (Å²) in [6, 6.07) is 5.25. The summed E-state index contributed by atoms with van der Waals surface area (Å²) in [6.45, 7) is 3.73. The highest BCUT2D eigenvalue weighted by atomic mass is 35.5. The zero-order chi connectivity index (χ0) is 16.0. The predicted molar refractivity (Wildman–Crippen MR) is 80.5 cm³/mol. The highest BCUT2D eigenvalue weighted by Crippen LogP contribution is 2.27. The molecule has 2 N–H and O–H groups in total. The smallest absolute Gasteiger partial charge is 0.303 e. The highest BCUT2D eigenvalue weighted by Gasteiger charge is 2.25. The van der Waals surface area contributed by atoms with E-state index in [1.807, 2.05) is 0 Å². The van der Waals surface area contributed by atoms with Crippen LogP contribution in [0.2, 0.25) is 5.02 Å². The lowest BCUT2D eigenvalue weighted by atomic mass is 9.85. The number of benzene rings is 1. The fourth-order valence-corrected chi connectivity index (χ4v) is 2.29. The lowest BCUT2D eigenvalue weighted by Gasteiger charge is -2.21. The molecule has 1 aromatic carbocycles. The molecule has 5 nitrogen and oxygen atoms in total. The molecule has 0 aliphatic rings. The van der Waals surface area contributed by atoms with Crippen LogP contribution in [0, 0.1) is 5.41 Å². The molecule has 0 saturated heterocycles. The van der Waals surface area contributed by atoms with E-state index in [0.29, 0.717) is 16.3 Å². The van der Waals surface area contributed by atoms with Gasteiger partial charge in [0.05, 0.1) is 13.5 Å². The maximum absolute atomic E-state index is 11.9. The Balaban J connectivity index is 2.64. The second kappa shape index (κ2) is 7.31.